The monoisotopic (exact) mass is 734 g/mol. The molecule has 0 unspecified atom stereocenters. The number of nitrogens with zero attached hydrogens (tertiary/aromatic N) is 2. The molecule has 0 amide bonds. The lowest BCUT2D eigenvalue weighted by Gasteiger charge is -2.26. The smallest absolute Gasteiger partial charge is 0.338 e. The first-order valence-corrected chi connectivity index (χ1v) is 18.0. The molecule has 9 nitrogen and oxygen atoms in total. The van der Waals surface area contributed by atoms with Gasteiger partial charge in [0.25, 0.3) is 5.56 Å². The molecule has 0 saturated carbocycles. The summed E-state index contributed by atoms with van der Waals surface area (Å²) in [5.74, 6) is 1.65. The van der Waals surface area contributed by atoms with Gasteiger partial charge in [-0.2, -0.15) is 0 Å². The molecular formula is C41H35ClN2O7S. The first-order valence-electron chi connectivity index (χ1n) is 16.8. The number of thiazole rings is 1. The van der Waals surface area contributed by atoms with Crippen LogP contribution in [0.1, 0.15) is 47.7 Å². The van der Waals surface area contributed by atoms with E-state index in [0.29, 0.717) is 61.6 Å². The van der Waals surface area contributed by atoms with E-state index in [4.69, 9.17) is 40.3 Å². The topological polar surface area (TPSA) is 97.6 Å². The van der Waals surface area contributed by atoms with Gasteiger partial charge in [0.2, 0.25) is 6.79 Å². The van der Waals surface area contributed by atoms with Crippen LogP contribution in [0.4, 0.5) is 0 Å². The Hall–Kier alpha value is -5.58. The number of fused-ring (bicyclic) bond motifs is 2. The van der Waals surface area contributed by atoms with E-state index in [0.717, 1.165) is 22.3 Å². The molecule has 3 heterocycles. The molecule has 0 spiro atoms. The molecule has 0 radical (unpaired) electrons. The van der Waals surface area contributed by atoms with E-state index in [9.17, 15) is 9.59 Å². The molecule has 4 aromatic carbocycles. The van der Waals surface area contributed by atoms with Crippen molar-refractivity contribution in [3.63, 3.8) is 0 Å². The van der Waals surface area contributed by atoms with Gasteiger partial charge in [-0.25, -0.2) is 9.79 Å². The maximum Gasteiger partial charge on any atom is 0.338 e. The highest BCUT2D eigenvalue weighted by atomic mass is 35.5. The Kier molecular flexibility index (Phi) is 10.3. The summed E-state index contributed by atoms with van der Waals surface area (Å²) in [6, 6.07) is 25.3. The van der Waals surface area contributed by atoms with Gasteiger partial charge in [-0.1, -0.05) is 83.6 Å². The van der Waals surface area contributed by atoms with Crippen LogP contribution in [-0.4, -0.2) is 30.5 Å². The lowest BCUT2D eigenvalue weighted by atomic mass is 9.93. The van der Waals surface area contributed by atoms with E-state index in [1.165, 1.54) is 11.3 Å². The van der Waals surface area contributed by atoms with Crippen molar-refractivity contribution < 1.29 is 28.5 Å². The van der Waals surface area contributed by atoms with Crippen LogP contribution in [0, 0.1) is 0 Å². The van der Waals surface area contributed by atoms with Gasteiger partial charge in [-0.15, -0.1) is 6.58 Å². The van der Waals surface area contributed by atoms with E-state index in [1.807, 2.05) is 85.8 Å². The number of hydrogen-bond donors (Lipinski definition) is 0. The van der Waals surface area contributed by atoms with Crippen molar-refractivity contribution in [2.45, 2.75) is 32.9 Å². The average molecular weight is 735 g/mol. The van der Waals surface area contributed by atoms with Gasteiger partial charge < -0.3 is 23.7 Å². The second kappa shape index (κ2) is 15.3. The van der Waals surface area contributed by atoms with Crippen LogP contribution in [0.15, 0.2) is 113 Å². The lowest BCUT2D eigenvalue weighted by molar-refractivity contribution is -0.138. The van der Waals surface area contributed by atoms with Crippen LogP contribution < -0.4 is 33.8 Å². The summed E-state index contributed by atoms with van der Waals surface area (Å²) >= 11 is 7.65. The SMILES string of the molecule is C=CCc1cc(/C=c2/sc3n(c2=O)[C@H](c2ccc4c(c2)OCO4)C(C(=O)OCC)=C(c2ccccc2)N=3)cc(OCC)c1OCc1ccccc1Cl. The number of halogens is 1. The molecule has 52 heavy (non-hydrogen) atoms. The molecule has 1 atom stereocenters. The molecule has 0 N–H and O–H groups in total. The van der Waals surface area contributed by atoms with Crippen molar-refractivity contribution in [1.29, 1.82) is 0 Å². The van der Waals surface area contributed by atoms with Gasteiger partial charge in [0, 0.05) is 21.7 Å². The average Bonchev–Trinajstić information content (AvgIpc) is 3.75. The zero-order valence-electron chi connectivity index (χ0n) is 28.6. The number of allylic oxidation sites excluding steroid dienone is 1. The summed E-state index contributed by atoms with van der Waals surface area (Å²) in [7, 11) is 0. The number of carbonyl (C=O) groups is 1. The fourth-order valence-electron chi connectivity index (χ4n) is 6.26. The Bertz CT molecular complexity index is 2380. The fourth-order valence-corrected chi connectivity index (χ4v) is 7.45. The molecule has 5 aromatic rings. The van der Waals surface area contributed by atoms with Crippen molar-refractivity contribution in [2.24, 2.45) is 4.99 Å². The summed E-state index contributed by atoms with van der Waals surface area (Å²) in [4.78, 5) is 33.8. The zero-order valence-corrected chi connectivity index (χ0v) is 30.2. The second-order valence-electron chi connectivity index (χ2n) is 11.9. The Balaban J connectivity index is 1.40. The maximum absolute atomic E-state index is 14.6. The van der Waals surface area contributed by atoms with Crippen molar-refractivity contribution >= 4 is 40.7 Å². The largest absolute Gasteiger partial charge is 0.490 e. The highest BCUT2D eigenvalue weighted by molar-refractivity contribution is 7.07. The number of benzene rings is 4. The van der Waals surface area contributed by atoms with Crippen LogP contribution in [-0.2, 0) is 22.6 Å². The predicted octanol–water partition coefficient (Wildman–Crippen LogP) is 7.02. The summed E-state index contributed by atoms with van der Waals surface area (Å²) in [5.41, 5.74) is 4.13. The standard InChI is InChI=1S/C41H35ClN2O7S/c1-4-12-28-19-25(20-33(47-5-2)38(28)49-23-29-15-10-11-16-30(29)42)21-34-39(45)44-37(27-17-18-31-32(22-27)51-24-50-31)35(40(46)48-6-3)36(43-41(44)52-34)26-13-8-7-9-14-26/h4,7-11,13-22,37H,1,5-6,12,23-24H2,2-3H3/b34-21+/t37-/m1/s1. The number of ether oxygens (including phenoxy) is 5. The van der Waals surface area contributed by atoms with Gasteiger partial charge in [-0.05, 0) is 67.8 Å². The number of hydrogen-bond acceptors (Lipinski definition) is 9. The molecule has 1 aromatic heterocycles. The van der Waals surface area contributed by atoms with Gasteiger partial charge >= 0.3 is 5.97 Å². The summed E-state index contributed by atoms with van der Waals surface area (Å²) in [6.07, 6.45) is 4.09. The molecule has 0 saturated heterocycles. The summed E-state index contributed by atoms with van der Waals surface area (Å²) in [6.45, 7) is 8.47. The third kappa shape index (κ3) is 6.87. The minimum Gasteiger partial charge on any atom is -0.490 e. The molecule has 0 bridgehead atoms. The normalized spacial score (nSPS) is 14.8. The molecule has 264 valence electrons. The van der Waals surface area contributed by atoms with Crippen molar-refractivity contribution in [3.05, 3.63) is 156 Å². The van der Waals surface area contributed by atoms with Gasteiger partial charge in [-0.3, -0.25) is 9.36 Å². The van der Waals surface area contributed by atoms with Gasteiger partial charge in [0.1, 0.15) is 6.61 Å². The first kappa shape index (κ1) is 34.9. The molecule has 11 heteroatoms. The predicted molar refractivity (Wildman–Crippen MR) is 201 cm³/mol. The Morgan fingerprint density at radius 2 is 1.77 bits per heavy atom. The summed E-state index contributed by atoms with van der Waals surface area (Å²) < 4.78 is 31.2. The van der Waals surface area contributed by atoms with E-state index in [2.05, 4.69) is 6.58 Å². The third-order valence-electron chi connectivity index (χ3n) is 8.53. The third-order valence-corrected chi connectivity index (χ3v) is 9.88. The number of rotatable bonds is 12. The molecule has 0 aliphatic carbocycles. The Morgan fingerprint density at radius 1 is 0.981 bits per heavy atom. The Morgan fingerprint density at radius 3 is 2.54 bits per heavy atom. The van der Waals surface area contributed by atoms with E-state index in [-0.39, 0.29) is 31.1 Å². The van der Waals surface area contributed by atoms with E-state index >= 15 is 0 Å². The van der Waals surface area contributed by atoms with Crippen molar-refractivity contribution in [1.82, 2.24) is 4.57 Å². The van der Waals surface area contributed by atoms with Crippen molar-refractivity contribution in [3.8, 4) is 23.0 Å². The number of aromatic nitrogens is 1. The molecule has 2 aliphatic heterocycles. The van der Waals surface area contributed by atoms with Crippen molar-refractivity contribution in [2.75, 3.05) is 20.0 Å². The minimum atomic E-state index is -0.863. The maximum atomic E-state index is 14.6. The van der Waals surface area contributed by atoms with Crippen LogP contribution in [0.25, 0.3) is 11.8 Å². The lowest BCUT2D eigenvalue weighted by Crippen LogP contribution is -2.40. The molecule has 0 fully saturated rings. The fraction of sp³-hybridized carbons (Fsp3) is 0.195. The highest BCUT2D eigenvalue weighted by Crippen LogP contribution is 2.40. The van der Waals surface area contributed by atoms with E-state index in [1.54, 1.807) is 29.7 Å². The highest BCUT2D eigenvalue weighted by Gasteiger charge is 2.36. The summed E-state index contributed by atoms with van der Waals surface area (Å²) in [5, 5.41) is 0.610. The van der Waals surface area contributed by atoms with Crippen LogP contribution >= 0.6 is 22.9 Å². The molecule has 7 rings (SSSR count). The zero-order chi connectivity index (χ0) is 36.2. The quantitative estimate of drug-likeness (QED) is 0.100. The van der Waals surface area contributed by atoms with Crippen LogP contribution in [0.3, 0.4) is 0 Å². The Labute approximate surface area is 309 Å². The molecule has 2 aliphatic rings. The second-order valence-corrected chi connectivity index (χ2v) is 13.3. The van der Waals surface area contributed by atoms with E-state index < -0.39 is 12.0 Å². The number of carbonyl (C=O) groups excluding carboxylic acids is 1. The van der Waals surface area contributed by atoms with Crippen LogP contribution in [0.5, 0.6) is 23.0 Å². The van der Waals surface area contributed by atoms with Gasteiger partial charge in [0.15, 0.2) is 27.8 Å². The molecular weight excluding hydrogens is 700 g/mol. The first-order chi connectivity index (χ1) is 25.4. The number of esters is 1. The van der Waals surface area contributed by atoms with Gasteiger partial charge in [0.05, 0.1) is 35.1 Å². The van der Waals surface area contributed by atoms with Crippen LogP contribution in [0.2, 0.25) is 5.02 Å². The minimum absolute atomic E-state index is 0.0821.